The van der Waals surface area contributed by atoms with Crippen LogP contribution in [0, 0.1) is 11.3 Å². The molecule has 1 heterocycles. The number of nitrogens with zero attached hydrogens (tertiary/aromatic N) is 2. The second-order valence-electron chi connectivity index (χ2n) is 3.80. The summed E-state index contributed by atoms with van der Waals surface area (Å²) < 4.78 is 0. The van der Waals surface area contributed by atoms with E-state index in [4.69, 9.17) is 0 Å². The molecule has 0 aliphatic rings. The average molecular weight is 214 g/mol. The Morgan fingerprint density at radius 1 is 1.19 bits per heavy atom. The van der Waals surface area contributed by atoms with E-state index in [1.807, 2.05) is 12.1 Å². The summed E-state index contributed by atoms with van der Waals surface area (Å²) in [6, 6.07) is 6.31. The van der Waals surface area contributed by atoms with Crippen LogP contribution in [0.3, 0.4) is 0 Å². The zero-order valence-corrected chi connectivity index (χ0v) is 10.0. The first-order chi connectivity index (χ1) is 7.83. The van der Waals surface area contributed by atoms with Gasteiger partial charge in [-0.15, -0.1) is 0 Å². The Hall–Kier alpha value is -1.62. The molecule has 0 atom stereocenters. The Morgan fingerprint density at radius 2 is 1.81 bits per heavy atom. The zero-order valence-electron chi connectivity index (χ0n) is 10.0. The van der Waals surface area contributed by atoms with E-state index >= 15 is 0 Å². The van der Waals surface area contributed by atoms with Crippen molar-refractivity contribution in [2.75, 3.05) is 0 Å². The highest BCUT2D eigenvalue weighted by Gasteiger charge is 2.07. The van der Waals surface area contributed by atoms with Gasteiger partial charge in [-0.1, -0.05) is 26.7 Å². The molecule has 0 fully saturated rings. The smallest absolute Gasteiger partial charge is 0.0950 e. The van der Waals surface area contributed by atoms with Crippen molar-refractivity contribution in [1.29, 1.82) is 5.26 Å². The maximum absolute atomic E-state index is 9.19. The molecule has 1 aromatic rings. The van der Waals surface area contributed by atoms with Crippen LogP contribution in [0.15, 0.2) is 30.1 Å². The molecule has 84 valence electrons. The predicted molar refractivity (Wildman–Crippen MR) is 66.6 cm³/mol. The summed E-state index contributed by atoms with van der Waals surface area (Å²) in [7, 11) is 0. The lowest BCUT2D eigenvalue weighted by Crippen LogP contribution is -1.91. The highest BCUT2D eigenvalue weighted by molar-refractivity contribution is 5.71. The van der Waals surface area contributed by atoms with Crippen LogP contribution in [0.4, 0.5) is 0 Å². The molecule has 2 nitrogen and oxygen atoms in total. The summed E-state index contributed by atoms with van der Waals surface area (Å²) in [5.74, 6) is 0. The number of hydrogen-bond acceptors (Lipinski definition) is 2. The van der Waals surface area contributed by atoms with Crippen molar-refractivity contribution in [3.63, 3.8) is 0 Å². The number of pyridine rings is 1. The van der Waals surface area contributed by atoms with E-state index < -0.39 is 0 Å². The molecule has 0 saturated carbocycles. The number of nitriles is 1. The molecular formula is C14H18N2. The van der Waals surface area contributed by atoms with E-state index in [1.165, 1.54) is 5.57 Å². The molecule has 0 N–H and O–H groups in total. The Balaban J connectivity index is 3.12. The molecule has 0 unspecified atom stereocenters. The van der Waals surface area contributed by atoms with Gasteiger partial charge in [0.1, 0.15) is 0 Å². The fraction of sp³-hybridized carbons (Fsp3) is 0.429. The minimum Gasteiger partial charge on any atom is -0.265 e. The lowest BCUT2D eigenvalue weighted by molar-refractivity contribution is 0.907. The van der Waals surface area contributed by atoms with Crippen LogP contribution in [0.2, 0.25) is 0 Å². The maximum Gasteiger partial charge on any atom is 0.0950 e. The molecule has 0 aliphatic heterocycles. The lowest BCUT2D eigenvalue weighted by atomic mass is 9.95. The summed E-state index contributed by atoms with van der Waals surface area (Å²) in [4.78, 5) is 4.01. The van der Waals surface area contributed by atoms with Gasteiger partial charge in [0.2, 0.25) is 0 Å². The monoisotopic (exact) mass is 214 g/mol. The van der Waals surface area contributed by atoms with E-state index in [-0.39, 0.29) is 0 Å². The maximum atomic E-state index is 9.19. The number of aromatic nitrogens is 1. The molecule has 16 heavy (non-hydrogen) atoms. The fourth-order valence-corrected chi connectivity index (χ4v) is 1.80. The van der Waals surface area contributed by atoms with Crippen LogP contribution in [0.25, 0.3) is 5.57 Å². The van der Waals surface area contributed by atoms with E-state index in [0.29, 0.717) is 0 Å². The van der Waals surface area contributed by atoms with E-state index in [1.54, 1.807) is 12.4 Å². The average Bonchev–Trinajstić information content (AvgIpc) is 2.35. The van der Waals surface area contributed by atoms with Gasteiger partial charge >= 0.3 is 0 Å². The molecule has 0 aromatic carbocycles. The topological polar surface area (TPSA) is 36.7 Å². The Kier molecular flexibility index (Phi) is 5.28. The third kappa shape index (κ3) is 3.20. The van der Waals surface area contributed by atoms with Crippen LogP contribution in [-0.2, 0) is 0 Å². The molecule has 1 rings (SSSR count). The van der Waals surface area contributed by atoms with Gasteiger partial charge in [-0.2, -0.15) is 5.26 Å². The summed E-state index contributed by atoms with van der Waals surface area (Å²) >= 11 is 0. The minimum absolute atomic E-state index is 0.869. The number of allylic oxidation sites excluding steroid dienone is 2. The van der Waals surface area contributed by atoms with Crippen LogP contribution in [-0.4, -0.2) is 4.98 Å². The largest absolute Gasteiger partial charge is 0.265 e. The van der Waals surface area contributed by atoms with Crippen molar-refractivity contribution in [3.8, 4) is 6.07 Å². The van der Waals surface area contributed by atoms with Crippen molar-refractivity contribution in [3.05, 3.63) is 35.7 Å². The van der Waals surface area contributed by atoms with Crippen LogP contribution < -0.4 is 0 Å². The first-order valence-corrected chi connectivity index (χ1v) is 5.86. The van der Waals surface area contributed by atoms with Gasteiger partial charge in [0.25, 0.3) is 0 Å². The van der Waals surface area contributed by atoms with E-state index in [0.717, 1.165) is 36.8 Å². The van der Waals surface area contributed by atoms with Crippen LogP contribution in [0.1, 0.15) is 45.1 Å². The summed E-state index contributed by atoms with van der Waals surface area (Å²) in [6.45, 7) is 4.25. The van der Waals surface area contributed by atoms with Gasteiger partial charge in [0, 0.05) is 18.0 Å². The SMILES string of the molecule is CCC/C(C#N)=C(\CCC)c1ccncc1. The van der Waals surface area contributed by atoms with Crippen molar-refractivity contribution in [1.82, 2.24) is 4.98 Å². The highest BCUT2D eigenvalue weighted by Crippen LogP contribution is 2.25. The van der Waals surface area contributed by atoms with Crippen molar-refractivity contribution in [2.45, 2.75) is 39.5 Å². The first kappa shape index (κ1) is 12.4. The van der Waals surface area contributed by atoms with Gasteiger partial charge in [-0.25, -0.2) is 0 Å². The quantitative estimate of drug-likeness (QED) is 0.696. The molecule has 1 aromatic heterocycles. The summed E-state index contributed by atoms with van der Waals surface area (Å²) in [6.07, 6.45) is 7.48. The normalized spacial score (nSPS) is 11.8. The van der Waals surface area contributed by atoms with Gasteiger partial charge in [0.15, 0.2) is 0 Å². The fourth-order valence-electron chi connectivity index (χ4n) is 1.80. The van der Waals surface area contributed by atoms with Gasteiger partial charge in [0.05, 0.1) is 6.07 Å². The summed E-state index contributed by atoms with van der Waals surface area (Å²) in [5.41, 5.74) is 3.26. The zero-order chi connectivity index (χ0) is 11.8. The summed E-state index contributed by atoms with van der Waals surface area (Å²) in [5, 5.41) is 9.19. The van der Waals surface area contributed by atoms with Gasteiger partial charge < -0.3 is 0 Å². The predicted octanol–water partition coefficient (Wildman–Crippen LogP) is 3.96. The van der Waals surface area contributed by atoms with Gasteiger partial charge in [-0.3, -0.25) is 4.98 Å². The third-order valence-electron chi connectivity index (χ3n) is 2.53. The second-order valence-corrected chi connectivity index (χ2v) is 3.80. The minimum atomic E-state index is 0.869. The van der Waals surface area contributed by atoms with Crippen molar-refractivity contribution in [2.24, 2.45) is 0 Å². The van der Waals surface area contributed by atoms with Crippen LogP contribution >= 0.6 is 0 Å². The number of rotatable bonds is 5. The second kappa shape index (κ2) is 6.79. The first-order valence-electron chi connectivity index (χ1n) is 5.86. The lowest BCUT2D eigenvalue weighted by Gasteiger charge is -2.09. The highest BCUT2D eigenvalue weighted by atomic mass is 14.6. The molecule has 0 bridgehead atoms. The van der Waals surface area contributed by atoms with E-state index in [9.17, 15) is 5.26 Å². The third-order valence-corrected chi connectivity index (χ3v) is 2.53. The van der Waals surface area contributed by atoms with Crippen molar-refractivity contribution < 1.29 is 0 Å². The molecule has 0 saturated heterocycles. The van der Waals surface area contributed by atoms with Gasteiger partial charge in [-0.05, 0) is 36.1 Å². The molecule has 0 aliphatic carbocycles. The Morgan fingerprint density at radius 3 is 2.31 bits per heavy atom. The Labute approximate surface area is 97.6 Å². The molecule has 0 radical (unpaired) electrons. The molecule has 0 spiro atoms. The number of hydrogen-bond donors (Lipinski definition) is 0. The standard InChI is InChI=1S/C14H18N2/c1-3-5-13(11-15)14(6-4-2)12-7-9-16-10-8-12/h7-10H,3-6H2,1-2H3/b14-13-. The molecule has 0 amide bonds. The molecular weight excluding hydrogens is 196 g/mol. The molecule has 2 heteroatoms. The van der Waals surface area contributed by atoms with E-state index in [2.05, 4.69) is 24.9 Å². The van der Waals surface area contributed by atoms with Crippen LogP contribution in [0.5, 0.6) is 0 Å². The van der Waals surface area contributed by atoms with Crippen molar-refractivity contribution >= 4 is 5.57 Å². The Bertz CT molecular complexity index is 385.